The molecule has 1 aromatic rings. The molecule has 0 aromatic carbocycles. The average Bonchev–Trinajstić information content (AvgIpc) is 2.28. The second-order valence-corrected chi connectivity index (χ2v) is 6.49. The van der Waals surface area contributed by atoms with Gasteiger partial charge in [0, 0.05) is 0 Å². The molecule has 0 bridgehead atoms. The Morgan fingerprint density at radius 2 is 2.17 bits per heavy atom. The molecule has 1 amide bonds. The van der Waals surface area contributed by atoms with Crippen LogP contribution in [-0.4, -0.2) is 30.3 Å². The molecule has 1 aromatic heterocycles. The van der Waals surface area contributed by atoms with Crippen LogP contribution in [0.2, 0.25) is 0 Å². The summed E-state index contributed by atoms with van der Waals surface area (Å²) in [7, 11) is -3.39. The maximum Gasteiger partial charge on any atom is 0.243 e. The molecule has 7 heteroatoms. The second-order valence-electron chi connectivity index (χ2n) is 4.19. The van der Waals surface area contributed by atoms with Crippen molar-refractivity contribution >= 4 is 21.6 Å². The Kier molecular flexibility index (Phi) is 3.60. The van der Waals surface area contributed by atoms with Gasteiger partial charge < -0.3 is 5.32 Å². The molecular formula is C11H13FN2O3S. The number of anilines is 1. The van der Waals surface area contributed by atoms with E-state index in [1.165, 1.54) is 12.1 Å². The summed E-state index contributed by atoms with van der Waals surface area (Å²) in [4.78, 5) is 15.3. The fraction of sp³-hybridized carbons (Fsp3) is 0.455. The van der Waals surface area contributed by atoms with E-state index in [2.05, 4.69) is 10.3 Å². The fourth-order valence-electron chi connectivity index (χ4n) is 1.93. The summed E-state index contributed by atoms with van der Waals surface area (Å²) in [6.07, 6.45) is 1.60. The number of hydrogen-bond acceptors (Lipinski definition) is 4. The van der Waals surface area contributed by atoms with Gasteiger partial charge in [0.05, 0.1) is 5.75 Å². The minimum Gasteiger partial charge on any atom is -0.309 e. The molecule has 0 aliphatic carbocycles. The van der Waals surface area contributed by atoms with Crippen LogP contribution in [0.4, 0.5) is 10.2 Å². The number of rotatable bonds is 2. The van der Waals surface area contributed by atoms with Gasteiger partial charge >= 0.3 is 0 Å². The van der Waals surface area contributed by atoms with Crippen LogP contribution in [0.1, 0.15) is 19.3 Å². The van der Waals surface area contributed by atoms with Crippen LogP contribution < -0.4 is 5.32 Å². The zero-order chi connectivity index (χ0) is 13.2. The van der Waals surface area contributed by atoms with E-state index in [-0.39, 0.29) is 11.6 Å². The summed E-state index contributed by atoms with van der Waals surface area (Å²) in [5, 5.41) is 1.29. The first-order valence-electron chi connectivity index (χ1n) is 5.64. The van der Waals surface area contributed by atoms with Gasteiger partial charge in [-0.3, -0.25) is 4.79 Å². The van der Waals surface area contributed by atoms with Crippen molar-refractivity contribution in [1.82, 2.24) is 4.98 Å². The van der Waals surface area contributed by atoms with Crippen LogP contribution in [0, 0.1) is 5.95 Å². The monoisotopic (exact) mass is 272 g/mol. The van der Waals surface area contributed by atoms with Crippen molar-refractivity contribution < 1.29 is 17.6 Å². The van der Waals surface area contributed by atoms with Crippen molar-refractivity contribution in [1.29, 1.82) is 0 Å². The van der Waals surface area contributed by atoms with E-state index < -0.39 is 26.9 Å². The molecule has 0 spiro atoms. The van der Waals surface area contributed by atoms with Crippen molar-refractivity contribution in [2.24, 2.45) is 0 Å². The summed E-state index contributed by atoms with van der Waals surface area (Å²) >= 11 is 0. The molecule has 2 heterocycles. The van der Waals surface area contributed by atoms with Gasteiger partial charge in [0.2, 0.25) is 11.9 Å². The molecule has 5 nitrogen and oxygen atoms in total. The zero-order valence-corrected chi connectivity index (χ0v) is 10.4. The number of aromatic nitrogens is 1. The molecule has 0 radical (unpaired) electrons. The molecule has 0 saturated carbocycles. The first-order chi connectivity index (χ1) is 8.49. The van der Waals surface area contributed by atoms with Gasteiger partial charge in [0.25, 0.3) is 0 Å². The number of carbonyl (C=O) groups excluding carboxylic acids is 1. The lowest BCUT2D eigenvalue weighted by molar-refractivity contribution is -0.116. The number of amides is 1. The average molecular weight is 272 g/mol. The molecule has 1 fully saturated rings. The quantitative estimate of drug-likeness (QED) is 0.819. The standard InChI is InChI=1S/C11H13FN2O3S/c12-9-5-3-6-10(13-9)14-11(15)8-4-1-2-7-18(8,16)17/h3,5-6,8H,1-2,4,7H2,(H,13,14,15). The third-order valence-corrected chi connectivity index (χ3v) is 5.01. The SMILES string of the molecule is O=C(Nc1cccc(F)n1)C1CCCCS1(=O)=O. The lowest BCUT2D eigenvalue weighted by Gasteiger charge is -2.21. The number of hydrogen-bond donors (Lipinski definition) is 1. The number of pyridine rings is 1. The van der Waals surface area contributed by atoms with E-state index in [9.17, 15) is 17.6 Å². The highest BCUT2D eigenvalue weighted by Crippen LogP contribution is 2.20. The van der Waals surface area contributed by atoms with Crippen LogP contribution in [0.15, 0.2) is 18.2 Å². The predicted molar refractivity (Wildman–Crippen MR) is 64.3 cm³/mol. The summed E-state index contributed by atoms with van der Waals surface area (Å²) in [6, 6.07) is 3.96. The third-order valence-electron chi connectivity index (χ3n) is 2.84. The first kappa shape index (κ1) is 12.9. The predicted octanol–water partition coefficient (Wildman–Crippen LogP) is 1.13. The Labute approximate surface area is 104 Å². The first-order valence-corrected chi connectivity index (χ1v) is 7.35. The molecule has 18 heavy (non-hydrogen) atoms. The number of nitrogens with one attached hydrogen (secondary N) is 1. The van der Waals surface area contributed by atoms with Gasteiger partial charge in [-0.05, 0) is 25.0 Å². The number of sulfone groups is 1. The van der Waals surface area contributed by atoms with E-state index in [4.69, 9.17) is 0 Å². The third kappa shape index (κ3) is 2.84. The Balaban J connectivity index is 2.12. The summed E-state index contributed by atoms with van der Waals surface area (Å²) in [6.45, 7) is 0. The van der Waals surface area contributed by atoms with E-state index in [0.717, 1.165) is 6.07 Å². The molecular weight excluding hydrogens is 259 g/mol. The fourth-order valence-corrected chi connectivity index (χ4v) is 3.74. The smallest absolute Gasteiger partial charge is 0.243 e. The van der Waals surface area contributed by atoms with Gasteiger partial charge in [-0.25, -0.2) is 13.4 Å². The Hall–Kier alpha value is -1.50. The Bertz CT molecular complexity index is 559. The van der Waals surface area contributed by atoms with Crippen molar-refractivity contribution in [2.75, 3.05) is 11.1 Å². The molecule has 1 aliphatic rings. The number of carbonyl (C=O) groups is 1. The highest BCUT2D eigenvalue weighted by molar-refractivity contribution is 7.92. The van der Waals surface area contributed by atoms with E-state index >= 15 is 0 Å². The zero-order valence-electron chi connectivity index (χ0n) is 9.60. The maximum absolute atomic E-state index is 12.8. The van der Waals surface area contributed by atoms with Gasteiger partial charge in [-0.15, -0.1) is 0 Å². The van der Waals surface area contributed by atoms with Crippen LogP contribution in [0.25, 0.3) is 0 Å². The normalized spacial score (nSPS) is 22.4. The largest absolute Gasteiger partial charge is 0.309 e. The summed E-state index contributed by atoms with van der Waals surface area (Å²) < 4.78 is 36.3. The minimum absolute atomic E-state index is 0.0285. The summed E-state index contributed by atoms with van der Waals surface area (Å²) in [5.41, 5.74) is 0. The molecule has 1 saturated heterocycles. The lowest BCUT2D eigenvalue weighted by atomic mass is 10.2. The molecule has 98 valence electrons. The van der Waals surface area contributed by atoms with Crippen molar-refractivity contribution in [3.63, 3.8) is 0 Å². The number of halogens is 1. The van der Waals surface area contributed by atoms with E-state index in [0.29, 0.717) is 19.3 Å². The van der Waals surface area contributed by atoms with Crippen LogP contribution in [0.3, 0.4) is 0 Å². The van der Waals surface area contributed by atoms with Crippen LogP contribution >= 0.6 is 0 Å². The Morgan fingerprint density at radius 1 is 1.39 bits per heavy atom. The molecule has 1 atom stereocenters. The molecule has 1 N–H and O–H groups in total. The Morgan fingerprint density at radius 3 is 2.83 bits per heavy atom. The molecule has 2 rings (SSSR count). The van der Waals surface area contributed by atoms with Gasteiger partial charge in [0.15, 0.2) is 9.84 Å². The molecule has 1 unspecified atom stereocenters. The molecule has 1 aliphatic heterocycles. The highest BCUT2D eigenvalue weighted by Gasteiger charge is 2.34. The van der Waals surface area contributed by atoms with Crippen LogP contribution in [0.5, 0.6) is 0 Å². The van der Waals surface area contributed by atoms with Crippen LogP contribution in [-0.2, 0) is 14.6 Å². The van der Waals surface area contributed by atoms with Crippen molar-refractivity contribution in [3.05, 3.63) is 24.1 Å². The van der Waals surface area contributed by atoms with Gasteiger partial charge in [0.1, 0.15) is 11.1 Å². The number of nitrogens with zero attached hydrogens (tertiary/aromatic N) is 1. The maximum atomic E-state index is 12.8. The summed E-state index contributed by atoms with van der Waals surface area (Å²) in [5.74, 6) is -1.30. The minimum atomic E-state index is -3.39. The van der Waals surface area contributed by atoms with Crippen molar-refractivity contribution in [3.8, 4) is 0 Å². The highest BCUT2D eigenvalue weighted by atomic mass is 32.2. The van der Waals surface area contributed by atoms with Gasteiger partial charge in [-0.1, -0.05) is 12.5 Å². The second kappa shape index (κ2) is 5.01. The van der Waals surface area contributed by atoms with Gasteiger partial charge in [-0.2, -0.15) is 4.39 Å². The topological polar surface area (TPSA) is 76.1 Å². The van der Waals surface area contributed by atoms with E-state index in [1.54, 1.807) is 0 Å². The van der Waals surface area contributed by atoms with Crippen molar-refractivity contribution in [2.45, 2.75) is 24.5 Å². The lowest BCUT2D eigenvalue weighted by Crippen LogP contribution is -2.39. The van der Waals surface area contributed by atoms with E-state index in [1.807, 2.05) is 0 Å².